The van der Waals surface area contributed by atoms with Gasteiger partial charge in [0.05, 0.1) is 11.1 Å². The van der Waals surface area contributed by atoms with Gasteiger partial charge in [0.15, 0.2) is 0 Å². The van der Waals surface area contributed by atoms with Crippen LogP contribution in [0.3, 0.4) is 0 Å². The van der Waals surface area contributed by atoms with Crippen molar-refractivity contribution < 1.29 is 14.4 Å². The Hall–Kier alpha value is -1.59. The van der Waals surface area contributed by atoms with Crippen LogP contribution in [0.4, 0.5) is 0 Å². The molecule has 1 unspecified atom stereocenters. The monoisotopic (exact) mass is 295 g/mol. The van der Waals surface area contributed by atoms with Crippen LogP contribution in [-0.2, 0) is 14.4 Å². The number of hydrogen-bond acceptors (Lipinski definition) is 4. The average Bonchev–Trinajstić information content (AvgIpc) is 2.74. The zero-order valence-corrected chi connectivity index (χ0v) is 13.4. The molecule has 2 aliphatic heterocycles. The molecule has 21 heavy (non-hydrogen) atoms. The summed E-state index contributed by atoms with van der Waals surface area (Å²) in [7, 11) is 1.86. The average molecular weight is 295 g/mol. The molecule has 0 aliphatic carbocycles. The summed E-state index contributed by atoms with van der Waals surface area (Å²) >= 11 is 0. The maximum absolute atomic E-state index is 12.3. The molecule has 2 saturated heterocycles. The lowest BCUT2D eigenvalue weighted by Crippen LogP contribution is -2.48. The molecule has 0 aromatic carbocycles. The fourth-order valence-corrected chi connectivity index (χ4v) is 3.10. The minimum atomic E-state index is -0.573. The first-order chi connectivity index (χ1) is 9.85. The molecule has 2 aliphatic rings. The van der Waals surface area contributed by atoms with Crippen LogP contribution in [0.1, 0.15) is 40.0 Å². The highest BCUT2D eigenvalue weighted by Crippen LogP contribution is 2.41. The van der Waals surface area contributed by atoms with Crippen LogP contribution >= 0.6 is 0 Å². The molecule has 0 saturated carbocycles. The van der Waals surface area contributed by atoms with Crippen LogP contribution in [0, 0.1) is 5.41 Å². The Bertz CT molecular complexity index is 449. The number of carbonyl (C=O) groups is 2. The minimum Gasteiger partial charge on any atom is -0.383 e. The van der Waals surface area contributed by atoms with E-state index in [4.69, 9.17) is 4.84 Å². The van der Waals surface area contributed by atoms with E-state index in [1.165, 1.54) is 0 Å². The van der Waals surface area contributed by atoms with E-state index in [1.807, 2.05) is 25.8 Å². The Labute approximate surface area is 126 Å². The molecule has 0 aromatic heterocycles. The van der Waals surface area contributed by atoms with E-state index in [-0.39, 0.29) is 17.2 Å². The number of likely N-dealkylation sites (tertiary alicyclic amines) is 2. The lowest BCUT2D eigenvalue weighted by molar-refractivity contribution is -0.148. The molecular formula is C15H25N3O3. The van der Waals surface area contributed by atoms with Gasteiger partial charge in [-0.25, -0.2) is 0 Å². The zero-order chi connectivity index (χ0) is 15.6. The number of oxime groups is 1. The number of rotatable bonds is 3. The molecule has 0 bridgehead atoms. The highest BCUT2D eigenvalue weighted by Gasteiger charge is 2.47. The van der Waals surface area contributed by atoms with Gasteiger partial charge in [-0.2, -0.15) is 0 Å². The van der Waals surface area contributed by atoms with Crippen molar-refractivity contribution in [2.24, 2.45) is 10.6 Å². The summed E-state index contributed by atoms with van der Waals surface area (Å²) in [6.07, 6.45) is 1.85. The molecule has 6 heteroatoms. The Morgan fingerprint density at radius 1 is 1.24 bits per heavy atom. The standard InChI is InChI=1S/C15H25N3O3/c1-11(2)16-21-12(3)13(19)18-9-6-15(7-10-18)5-8-17(4)14(15)20/h12H,5-10H2,1-4H3. The van der Waals surface area contributed by atoms with E-state index in [1.54, 1.807) is 11.8 Å². The van der Waals surface area contributed by atoms with Crippen LogP contribution in [0.15, 0.2) is 5.16 Å². The van der Waals surface area contributed by atoms with Gasteiger partial charge in [-0.05, 0) is 40.0 Å². The molecule has 2 fully saturated rings. The highest BCUT2D eigenvalue weighted by atomic mass is 16.6. The largest absolute Gasteiger partial charge is 0.383 e. The summed E-state index contributed by atoms with van der Waals surface area (Å²) in [5, 5.41) is 3.84. The number of carbonyl (C=O) groups excluding carboxylic acids is 2. The highest BCUT2D eigenvalue weighted by molar-refractivity contribution is 5.86. The van der Waals surface area contributed by atoms with E-state index in [9.17, 15) is 9.59 Å². The number of amides is 2. The van der Waals surface area contributed by atoms with Crippen molar-refractivity contribution in [3.8, 4) is 0 Å². The smallest absolute Gasteiger partial charge is 0.266 e. The molecule has 0 radical (unpaired) electrons. The lowest BCUT2D eigenvalue weighted by Gasteiger charge is -2.38. The van der Waals surface area contributed by atoms with E-state index in [0.717, 1.165) is 31.5 Å². The van der Waals surface area contributed by atoms with Crippen LogP contribution in [0.25, 0.3) is 0 Å². The van der Waals surface area contributed by atoms with Crippen molar-refractivity contribution in [3.05, 3.63) is 0 Å². The number of piperidine rings is 1. The molecule has 1 spiro atoms. The fraction of sp³-hybridized carbons (Fsp3) is 0.800. The predicted molar refractivity (Wildman–Crippen MR) is 79.8 cm³/mol. The van der Waals surface area contributed by atoms with Crippen LogP contribution < -0.4 is 0 Å². The van der Waals surface area contributed by atoms with Crippen LogP contribution in [0.2, 0.25) is 0 Å². The first-order valence-electron chi connectivity index (χ1n) is 7.57. The summed E-state index contributed by atoms with van der Waals surface area (Å²) in [6, 6.07) is 0. The molecule has 2 rings (SSSR count). The van der Waals surface area contributed by atoms with Crippen molar-refractivity contribution in [2.75, 3.05) is 26.7 Å². The normalized spacial score (nSPS) is 22.4. The summed E-state index contributed by atoms with van der Waals surface area (Å²) < 4.78 is 0. The van der Waals surface area contributed by atoms with E-state index >= 15 is 0 Å². The maximum Gasteiger partial charge on any atom is 0.266 e. The topological polar surface area (TPSA) is 62.2 Å². The summed E-state index contributed by atoms with van der Waals surface area (Å²) in [5.41, 5.74) is 0.556. The van der Waals surface area contributed by atoms with Crippen molar-refractivity contribution in [1.29, 1.82) is 0 Å². The van der Waals surface area contributed by atoms with E-state index in [0.29, 0.717) is 13.1 Å². The molecular weight excluding hydrogens is 270 g/mol. The Morgan fingerprint density at radius 2 is 1.81 bits per heavy atom. The SMILES string of the molecule is CC(C)=NOC(C)C(=O)N1CCC2(CCN(C)C2=O)CC1. The van der Waals surface area contributed by atoms with Gasteiger partial charge in [0, 0.05) is 26.7 Å². The van der Waals surface area contributed by atoms with Gasteiger partial charge in [0.2, 0.25) is 12.0 Å². The second kappa shape index (κ2) is 6.03. The van der Waals surface area contributed by atoms with Crippen molar-refractivity contribution >= 4 is 17.5 Å². The third-order valence-electron chi connectivity index (χ3n) is 4.50. The summed E-state index contributed by atoms with van der Waals surface area (Å²) in [6.45, 7) is 7.44. The number of nitrogens with zero attached hydrogens (tertiary/aromatic N) is 3. The molecule has 2 heterocycles. The molecule has 6 nitrogen and oxygen atoms in total. The van der Waals surface area contributed by atoms with Gasteiger partial charge >= 0.3 is 0 Å². The quantitative estimate of drug-likeness (QED) is 0.581. The van der Waals surface area contributed by atoms with Gasteiger partial charge in [0.25, 0.3) is 5.91 Å². The van der Waals surface area contributed by atoms with Gasteiger partial charge in [0.1, 0.15) is 0 Å². The van der Waals surface area contributed by atoms with Gasteiger partial charge in [-0.1, -0.05) is 5.16 Å². The van der Waals surface area contributed by atoms with Gasteiger partial charge in [-0.3, -0.25) is 9.59 Å². The fourth-order valence-electron chi connectivity index (χ4n) is 3.10. The Balaban J connectivity index is 1.90. The Morgan fingerprint density at radius 3 is 2.29 bits per heavy atom. The van der Waals surface area contributed by atoms with E-state index in [2.05, 4.69) is 5.16 Å². The summed E-state index contributed by atoms with van der Waals surface area (Å²) in [4.78, 5) is 33.3. The lowest BCUT2D eigenvalue weighted by atomic mass is 9.77. The third kappa shape index (κ3) is 3.19. The minimum absolute atomic E-state index is 0.0475. The Kier molecular flexibility index (Phi) is 4.54. The zero-order valence-electron chi connectivity index (χ0n) is 13.4. The van der Waals surface area contributed by atoms with Crippen LogP contribution in [0.5, 0.6) is 0 Å². The second-order valence-electron chi connectivity index (χ2n) is 6.37. The molecule has 0 N–H and O–H groups in total. The maximum atomic E-state index is 12.3. The van der Waals surface area contributed by atoms with E-state index < -0.39 is 6.10 Å². The van der Waals surface area contributed by atoms with Crippen LogP contribution in [-0.4, -0.2) is 60.1 Å². The van der Waals surface area contributed by atoms with Crippen molar-refractivity contribution in [1.82, 2.24) is 9.80 Å². The van der Waals surface area contributed by atoms with Gasteiger partial charge < -0.3 is 14.6 Å². The second-order valence-corrected chi connectivity index (χ2v) is 6.37. The predicted octanol–water partition coefficient (Wildman–Crippen LogP) is 1.26. The van der Waals surface area contributed by atoms with Crippen molar-refractivity contribution in [3.63, 3.8) is 0 Å². The van der Waals surface area contributed by atoms with Gasteiger partial charge in [-0.15, -0.1) is 0 Å². The first kappa shape index (κ1) is 15.8. The molecule has 2 amide bonds. The van der Waals surface area contributed by atoms with Crippen molar-refractivity contribution in [2.45, 2.75) is 46.1 Å². The third-order valence-corrected chi connectivity index (χ3v) is 4.50. The molecule has 1 atom stereocenters. The molecule has 118 valence electrons. The summed E-state index contributed by atoms with van der Waals surface area (Å²) in [5.74, 6) is 0.193. The molecule has 0 aromatic rings. The first-order valence-corrected chi connectivity index (χ1v) is 7.57. The number of hydrogen-bond donors (Lipinski definition) is 0.